The van der Waals surface area contributed by atoms with Crippen molar-refractivity contribution in [3.63, 3.8) is 0 Å². The van der Waals surface area contributed by atoms with Gasteiger partial charge in [-0.1, -0.05) is 18.2 Å². The first-order valence-corrected chi connectivity index (χ1v) is 6.85. The first-order valence-electron chi connectivity index (χ1n) is 6.85. The summed E-state index contributed by atoms with van der Waals surface area (Å²) in [6, 6.07) is 3.30. The third-order valence-electron chi connectivity index (χ3n) is 4.13. The standard InChI is InChI=1S/C17H22O3/c1-9(2)12-8-14(18)11(4)7-13(12)17-15(19)5-10(3)6-16(17)20/h5-7,12-14,18-20H,1,8H2,2-4H3. The number of hydrogen-bond acceptors (Lipinski definition) is 3. The van der Waals surface area contributed by atoms with E-state index in [9.17, 15) is 15.3 Å². The fraction of sp³-hybridized carbons (Fsp3) is 0.412. The second-order valence-electron chi connectivity index (χ2n) is 5.86. The third-order valence-corrected chi connectivity index (χ3v) is 4.13. The molecular weight excluding hydrogens is 252 g/mol. The van der Waals surface area contributed by atoms with Crippen LogP contribution in [0.2, 0.25) is 0 Å². The molecule has 3 N–H and O–H groups in total. The molecule has 0 amide bonds. The van der Waals surface area contributed by atoms with Gasteiger partial charge < -0.3 is 15.3 Å². The van der Waals surface area contributed by atoms with Crippen LogP contribution in [0.1, 0.15) is 37.3 Å². The van der Waals surface area contributed by atoms with Crippen LogP contribution in [0.3, 0.4) is 0 Å². The van der Waals surface area contributed by atoms with Crippen molar-refractivity contribution >= 4 is 0 Å². The Balaban J connectivity index is 2.56. The van der Waals surface area contributed by atoms with E-state index < -0.39 is 6.10 Å². The van der Waals surface area contributed by atoms with Gasteiger partial charge in [-0.2, -0.15) is 0 Å². The van der Waals surface area contributed by atoms with Gasteiger partial charge in [-0.15, -0.1) is 0 Å². The van der Waals surface area contributed by atoms with Gasteiger partial charge in [-0.25, -0.2) is 0 Å². The summed E-state index contributed by atoms with van der Waals surface area (Å²) in [5.41, 5.74) is 3.14. The zero-order chi connectivity index (χ0) is 15.0. The van der Waals surface area contributed by atoms with Gasteiger partial charge >= 0.3 is 0 Å². The molecule has 3 nitrogen and oxygen atoms in total. The number of hydrogen-bond donors (Lipinski definition) is 3. The molecular formula is C17H22O3. The Morgan fingerprint density at radius 1 is 1.20 bits per heavy atom. The van der Waals surface area contributed by atoms with E-state index in [1.54, 1.807) is 12.1 Å². The van der Waals surface area contributed by atoms with Gasteiger partial charge in [0, 0.05) is 11.5 Å². The molecule has 0 heterocycles. The number of aryl methyl sites for hydroxylation is 1. The molecule has 0 aliphatic heterocycles. The number of allylic oxidation sites excluding steroid dienone is 2. The van der Waals surface area contributed by atoms with Crippen LogP contribution in [-0.2, 0) is 0 Å². The molecule has 1 aromatic carbocycles. The minimum absolute atomic E-state index is 0.00760. The average molecular weight is 274 g/mol. The van der Waals surface area contributed by atoms with Crippen molar-refractivity contribution in [2.75, 3.05) is 0 Å². The molecule has 0 saturated heterocycles. The Hall–Kier alpha value is -1.74. The zero-order valence-electron chi connectivity index (χ0n) is 12.2. The molecule has 0 saturated carbocycles. The minimum atomic E-state index is -0.484. The normalized spacial score (nSPS) is 26.2. The van der Waals surface area contributed by atoms with E-state index in [1.807, 2.05) is 26.8 Å². The Morgan fingerprint density at radius 2 is 1.75 bits per heavy atom. The number of aliphatic hydroxyl groups is 1. The third kappa shape index (κ3) is 2.59. The monoisotopic (exact) mass is 274 g/mol. The van der Waals surface area contributed by atoms with E-state index in [-0.39, 0.29) is 23.3 Å². The zero-order valence-corrected chi connectivity index (χ0v) is 12.2. The van der Waals surface area contributed by atoms with Crippen LogP contribution in [-0.4, -0.2) is 21.4 Å². The molecule has 1 aromatic rings. The van der Waals surface area contributed by atoms with E-state index in [0.29, 0.717) is 12.0 Å². The van der Waals surface area contributed by atoms with E-state index >= 15 is 0 Å². The quantitative estimate of drug-likeness (QED) is 0.724. The van der Waals surface area contributed by atoms with E-state index in [4.69, 9.17) is 0 Å². The van der Waals surface area contributed by atoms with Crippen LogP contribution in [0.15, 0.2) is 35.9 Å². The molecule has 0 bridgehead atoms. The van der Waals surface area contributed by atoms with Gasteiger partial charge in [0.1, 0.15) is 11.5 Å². The van der Waals surface area contributed by atoms with Crippen LogP contribution < -0.4 is 0 Å². The molecule has 2 rings (SSSR count). The van der Waals surface area contributed by atoms with Gasteiger partial charge in [0.2, 0.25) is 0 Å². The number of benzene rings is 1. The molecule has 0 spiro atoms. The summed E-state index contributed by atoms with van der Waals surface area (Å²) in [5, 5.41) is 30.4. The lowest BCUT2D eigenvalue weighted by molar-refractivity contribution is 0.168. The summed E-state index contributed by atoms with van der Waals surface area (Å²) in [7, 11) is 0. The highest BCUT2D eigenvalue weighted by Gasteiger charge is 2.33. The van der Waals surface area contributed by atoms with Crippen molar-refractivity contribution in [2.45, 2.75) is 39.2 Å². The van der Waals surface area contributed by atoms with E-state index in [1.165, 1.54) is 0 Å². The number of phenols is 2. The second-order valence-corrected chi connectivity index (χ2v) is 5.86. The Labute approximate surface area is 119 Å². The molecule has 3 atom stereocenters. The highest BCUT2D eigenvalue weighted by molar-refractivity contribution is 5.51. The average Bonchev–Trinajstić information content (AvgIpc) is 2.31. The predicted molar refractivity (Wildman–Crippen MR) is 79.9 cm³/mol. The van der Waals surface area contributed by atoms with Crippen molar-refractivity contribution in [3.8, 4) is 11.5 Å². The number of aromatic hydroxyl groups is 2. The highest BCUT2D eigenvalue weighted by Crippen LogP contribution is 2.46. The largest absolute Gasteiger partial charge is 0.507 e. The molecule has 0 fully saturated rings. The molecule has 0 radical (unpaired) electrons. The molecule has 0 aromatic heterocycles. The second kappa shape index (κ2) is 5.33. The van der Waals surface area contributed by atoms with Gasteiger partial charge in [0.15, 0.2) is 0 Å². The lowest BCUT2D eigenvalue weighted by Gasteiger charge is -2.34. The first kappa shape index (κ1) is 14.7. The number of phenolic OH excluding ortho intramolecular Hbond substituents is 2. The van der Waals surface area contributed by atoms with Gasteiger partial charge in [-0.3, -0.25) is 0 Å². The summed E-state index contributed by atoms with van der Waals surface area (Å²) in [6.45, 7) is 9.60. The van der Waals surface area contributed by atoms with Crippen LogP contribution in [0, 0.1) is 12.8 Å². The van der Waals surface area contributed by atoms with Crippen molar-refractivity contribution in [1.82, 2.24) is 0 Å². The molecule has 1 aliphatic rings. The van der Waals surface area contributed by atoms with Crippen LogP contribution in [0.4, 0.5) is 0 Å². The molecule has 1 aliphatic carbocycles. The van der Waals surface area contributed by atoms with Crippen molar-refractivity contribution in [2.24, 2.45) is 5.92 Å². The summed E-state index contributed by atoms with van der Waals surface area (Å²) in [4.78, 5) is 0. The topological polar surface area (TPSA) is 60.7 Å². The van der Waals surface area contributed by atoms with Gasteiger partial charge in [0.25, 0.3) is 0 Å². The Morgan fingerprint density at radius 3 is 2.25 bits per heavy atom. The molecule has 108 valence electrons. The lowest BCUT2D eigenvalue weighted by Crippen LogP contribution is -2.26. The van der Waals surface area contributed by atoms with Gasteiger partial charge in [-0.05, 0) is 56.4 Å². The van der Waals surface area contributed by atoms with Crippen molar-refractivity contribution in [3.05, 3.63) is 47.1 Å². The fourth-order valence-electron chi connectivity index (χ4n) is 2.98. The SMILES string of the molecule is C=C(C)C1CC(O)C(C)=CC1c1c(O)cc(C)cc1O. The summed E-state index contributed by atoms with van der Waals surface area (Å²) < 4.78 is 0. The Bertz CT molecular complexity index is 549. The Kier molecular flexibility index (Phi) is 3.91. The number of rotatable bonds is 2. The van der Waals surface area contributed by atoms with Crippen LogP contribution >= 0.6 is 0 Å². The molecule has 3 unspecified atom stereocenters. The summed E-state index contributed by atoms with van der Waals surface area (Å²) in [6.07, 6.45) is 2.01. The van der Waals surface area contributed by atoms with Crippen molar-refractivity contribution in [1.29, 1.82) is 0 Å². The molecule has 3 heteroatoms. The smallest absolute Gasteiger partial charge is 0.123 e. The minimum Gasteiger partial charge on any atom is -0.507 e. The van der Waals surface area contributed by atoms with E-state index in [2.05, 4.69) is 6.58 Å². The molecule has 20 heavy (non-hydrogen) atoms. The summed E-state index contributed by atoms with van der Waals surface area (Å²) in [5.74, 6) is 0.0445. The highest BCUT2D eigenvalue weighted by atomic mass is 16.3. The lowest BCUT2D eigenvalue weighted by atomic mass is 9.72. The predicted octanol–water partition coefficient (Wildman–Crippen LogP) is 3.39. The fourth-order valence-corrected chi connectivity index (χ4v) is 2.98. The maximum absolute atomic E-state index is 10.2. The van der Waals surface area contributed by atoms with E-state index in [0.717, 1.165) is 16.7 Å². The van der Waals surface area contributed by atoms with Crippen LogP contribution in [0.5, 0.6) is 11.5 Å². The summed E-state index contributed by atoms with van der Waals surface area (Å²) >= 11 is 0. The van der Waals surface area contributed by atoms with Crippen LogP contribution in [0.25, 0.3) is 0 Å². The number of aliphatic hydroxyl groups excluding tert-OH is 1. The van der Waals surface area contributed by atoms with Gasteiger partial charge in [0.05, 0.1) is 6.10 Å². The maximum Gasteiger partial charge on any atom is 0.123 e. The maximum atomic E-state index is 10.2. The van der Waals surface area contributed by atoms with Crippen molar-refractivity contribution < 1.29 is 15.3 Å². The first-order chi connectivity index (χ1) is 9.31.